The Labute approximate surface area is 159 Å². The van der Waals surface area contributed by atoms with Crippen molar-refractivity contribution in [1.82, 2.24) is 10.2 Å². The third-order valence-corrected chi connectivity index (χ3v) is 6.61. The highest BCUT2D eigenvalue weighted by Crippen LogP contribution is 2.33. The van der Waals surface area contributed by atoms with Crippen molar-refractivity contribution in [1.29, 1.82) is 0 Å². The first-order valence-corrected chi connectivity index (χ1v) is 11.1. The molecule has 0 bridgehead atoms. The summed E-state index contributed by atoms with van der Waals surface area (Å²) >= 11 is -0.361. The van der Waals surface area contributed by atoms with Crippen LogP contribution in [-0.2, 0) is 4.79 Å². The van der Waals surface area contributed by atoms with E-state index in [1.54, 1.807) is 7.05 Å². The number of likely N-dealkylation sites (tertiary alicyclic amines) is 1. The molecule has 0 aromatic carbocycles. The van der Waals surface area contributed by atoms with Gasteiger partial charge in [-0.15, -0.1) is 0 Å². The minimum atomic E-state index is -0.451. The number of amides is 1. The van der Waals surface area contributed by atoms with Gasteiger partial charge in [0.15, 0.2) is 5.96 Å². The summed E-state index contributed by atoms with van der Waals surface area (Å²) in [5.41, 5.74) is 6.35. The van der Waals surface area contributed by atoms with Crippen LogP contribution in [0.25, 0.3) is 0 Å². The molecule has 25 heavy (non-hydrogen) atoms. The lowest BCUT2D eigenvalue weighted by atomic mass is 9.85. The molecule has 2 aliphatic rings. The second kappa shape index (κ2) is 8.88. The molecule has 7 nitrogen and oxygen atoms in total. The Morgan fingerprint density at radius 2 is 2.44 bits per heavy atom. The van der Waals surface area contributed by atoms with Gasteiger partial charge in [0.1, 0.15) is 6.04 Å². The zero-order valence-electron chi connectivity index (χ0n) is 15.0. The Bertz CT molecular complexity index is 616. The Morgan fingerprint density at radius 1 is 1.68 bits per heavy atom. The zero-order chi connectivity index (χ0) is 18.4. The molecule has 1 saturated heterocycles. The minimum absolute atomic E-state index is 0.0587. The van der Waals surface area contributed by atoms with Gasteiger partial charge in [0, 0.05) is 36.5 Å². The Kier molecular flexibility index (Phi) is 7.12. The second-order valence-corrected chi connectivity index (χ2v) is 8.40. The smallest absolute Gasteiger partial charge is 0.240 e. The van der Waals surface area contributed by atoms with Crippen LogP contribution in [0.1, 0.15) is 32.6 Å². The van der Waals surface area contributed by atoms with E-state index in [4.69, 9.17) is 5.73 Å². The number of hydrogen-bond acceptors (Lipinski definition) is 4. The molecule has 2 atom stereocenters. The largest absolute Gasteiger partial charge is 0.396 e. The van der Waals surface area contributed by atoms with Crippen LogP contribution in [0.15, 0.2) is 19.1 Å². The van der Waals surface area contributed by atoms with Crippen molar-refractivity contribution in [2.75, 3.05) is 26.7 Å². The quantitative estimate of drug-likeness (QED) is 0.309. The summed E-state index contributed by atoms with van der Waals surface area (Å²) in [7, 11) is 1.71. The predicted molar refractivity (Wildman–Crippen MR) is 112 cm³/mol. The highest BCUT2D eigenvalue weighted by molar-refractivity contribution is 14.2. The number of carbonyl (C=O) groups is 1. The van der Waals surface area contributed by atoms with Crippen LogP contribution in [0, 0.1) is 0 Å². The molecular formula is C17H28IN5O2. The van der Waals surface area contributed by atoms with Gasteiger partial charge in [-0.05, 0) is 38.2 Å². The van der Waals surface area contributed by atoms with Crippen LogP contribution in [0.3, 0.4) is 0 Å². The first-order chi connectivity index (χ1) is 12.0. The molecule has 2 rings (SSSR count). The standard InChI is InChI=1S/C17H28IN5O2/c1-17(7-10-24,12-6-8-21-11-13(12)18-2)22-16(20-3)23-9-4-5-14(23)15(19)25/h11,14,24H,2,4-10H2,1,3H3,(H2,19,25)(H,20,22)/t14-,17?/m0/s1. The van der Waals surface area contributed by atoms with E-state index in [0.29, 0.717) is 12.4 Å². The van der Waals surface area contributed by atoms with Gasteiger partial charge in [0.05, 0.1) is 5.54 Å². The molecule has 0 aliphatic carbocycles. The number of halogens is 1. The van der Waals surface area contributed by atoms with Crippen LogP contribution < -0.4 is 11.1 Å². The first-order valence-electron chi connectivity index (χ1n) is 8.50. The summed E-state index contributed by atoms with van der Waals surface area (Å²) in [6.45, 7) is 3.64. The maximum atomic E-state index is 11.8. The van der Waals surface area contributed by atoms with Gasteiger partial charge in [-0.1, -0.05) is 25.2 Å². The van der Waals surface area contributed by atoms with Gasteiger partial charge >= 0.3 is 0 Å². The number of rotatable bonds is 6. The number of aliphatic imine (C=N–C) groups is 2. The van der Waals surface area contributed by atoms with E-state index in [1.165, 1.54) is 9.15 Å². The SMILES string of the molecule is C=IC1=C(C(C)(CCO)NC(=NC)N2CCC[C@H]2C(N)=O)CCN=C1. The highest BCUT2D eigenvalue weighted by atomic mass is 127. The van der Waals surface area contributed by atoms with E-state index < -0.39 is 5.54 Å². The Hall–Kier alpha value is -1.29. The summed E-state index contributed by atoms with van der Waals surface area (Å²) < 4.78 is 5.32. The van der Waals surface area contributed by atoms with Crippen molar-refractivity contribution in [3.8, 4) is 0 Å². The van der Waals surface area contributed by atoms with Crippen LogP contribution >= 0.6 is 20.7 Å². The van der Waals surface area contributed by atoms with Crippen LogP contribution in [0.2, 0.25) is 0 Å². The number of carbonyl (C=O) groups excluding carboxylic acids is 1. The monoisotopic (exact) mass is 461 g/mol. The van der Waals surface area contributed by atoms with Crippen molar-refractivity contribution in [2.24, 2.45) is 15.7 Å². The molecule has 1 fully saturated rings. The lowest BCUT2D eigenvalue weighted by Crippen LogP contribution is -2.57. The Balaban J connectivity index is 2.33. The van der Waals surface area contributed by atoms with Crippen molar-refractivity contribution in [3.05, 3.63) is 9.15 Å². The Morgan fingerprint density at radius 3 is 3.04 bits per heavy atom. The summed E-state index contributed by atoms with van der Waals surface area (Å²) in [5.74, 6) is 0.339. The van der Waals surface area contributed by atoms with E-state index in [2.05, 4.69) is 26.7 Å². The van der Waals surface area contributed by atoms with E-state index in [-0.39, 0.29) is 39.3 Å². The van der Waals surface area contributed by atoms with Gasteiger partial charge in [-0.25, -0.2) is 0 Å². The molecule has 0 aromatic rings. The number of aliphatic hydroxyl groups is 1. The average molecular weight is 461 g/mol. The number of nitrogens with two attached hydrogens (primary N) is 1. The summed E-state index contributed by atoms with van der Waals surface area (Å²) in [6, 6.07) is -0.328. The second-order valence-electron chi connectivity index (χ2n) is 6.48. The fourth-order valence-corrected chi connectivity index (χ4v) is 5.22. The number of allylic oxidation sites excluding steroid dienone is 1. The first kappa shape index (κ1) is 20.0. The molecule has 8 heteroatoms. The molecule has 0 radical (unpaired) electrons. The fraction of sp³-hybridized carbons (Fsp3) is 0.647. The van der Waals surface area contributed by atoms with Gasteiger partial charge in [0.25, 0.3) is 0 Å². The van der Waals surface area contributed by atoms with E-state index in [9.17, 15) is 9.90 Å². The molecule has 0 saturated carbocycles. The van der Waals surface area contributed by atoms with E-state index in [0.717, 1.165) is 32.4 Å². The van der Waals surface area contributed by atoms with Crippen molar-refractivity contribution in [3.63, 3.8) is 0 Å². The number of nitrogens with one attached hydrogen (secondary N) is 1. The molecule has 1 unspecified atom stereocenters. The number of dihydropyridines is 1. The molecule has 1 amide bonds. The van der Waals surface area contributed by atoms with Crippen molar-refractivity contribution >= 4 is 43.3 Å². The maximum absolute atomic E-state index is 11.8. The number of primary amides is 1. The number of guanidine groups is 1. The third kappa shape index (κ3) is 4.46. The van der Waals surface area contributed by atoms with Crippen molar-refractivity contribution < 1.29 is 9.90 Å². The molecule has 2 heterocycles. The lowest BCUT2D eigenvalue weighted by Gasteiger charge is -2.39. The number of hydrogen-bond donors (Lipinski definition) is 3. The molecule has 0 aromatic heterocycles. The van der Waals surface area contributed by atoms with Crippen LogP contribution in [-0.4, -0.2) is 70.9 Å². The van der Waals surface area contributed by atoms with Crippen molar-refractivity contribution in [2.45, 2.75) is 44.2 Å². The molecule has 0 spiro atoms. The predicted octanol–water partition coefficient (Wildman–Crippen LogP) is 0.784. The summed E-state index contributed by atoms with van der Waals surface area (Å²) in [6.07, 6.45) is 4.99. The normalized spacial score (nSPS) is 23.7. The number of aliphatic hydroxyl groups excluding tert-OH is 1. The molecule has 2 aliphatic heterocycles. The summed E-state index contributed by atoms with van der Waals surface area (Å²) in [5, 5.41) is 13.2. The van der Waals surface area contributed by atoms with Gasteiger partial charge in [-0.2, -0.15) is 0 Å². The molecule has 140 valence electrons. The zero-order valence-corrected chi connectivity index (χ0v) is 17.1. The van der Waals surface area contributed by atoms with Gasteiger partial charge in [0.2, 0.25) is 5.91 Å². The van der Waals surface area contributed by atoms with E-state index in [1.807, 2.05) is 11.1 Å². The van der Waals surface area contributed by atoms with Gasteiger partial charge < -0.3 is 21.1 Å². The molecule has 4 N–H and O–H groups in total. The van der Waals surface area contributed by atoms with Crippen LogP contribution in [0.5, 0.6) is 0 Å². The minimum Gasteiger partial charge on any atom is -0.396 e. The summed E-state index contributed by atoms with van der Waals surface area (Å²) in [4.78, 5) is 22.5. The fourth-order valence-electron chi connectivity index (χ4n) is 3.50. The van der Waals surface area contributed by atoms with Crippen LogP contribution in [0.4, 0.5) is 0 Å². The van der Waals surface area contributed by atoms with E-state index >= 15 is 0 Å². The number of nitrogens with zero attached hydrogens (tertiary/aromatic N) is 3. The topological polar surface area (TPSA) is 103 Å². The average Bonchev–Trinajstić information content (AvgIpc) is 3.10. The maximum Gasteiger partial charge on any atom is 0.240 e. The lowest BCUT2D eigenvalue weighted by molar-refractivity contribution is -0.121. The third-order valence-electron chi connectivity index (χ3n) is 4.86. The molecular weight excluding hydrogens is 433 g/mol. The highest BCUT2D eigenvalue weighted by Gasteiger charge is 2.37. The van der Waals surface area contributed by atoms with Gasteiger partial charge in [-0.3, -0.25) is 14.8 Å².